The molecule has 2 nitrogen and oxygen atoms in total. The van der Waals surface area contributed by atoms with Crippen LogP contribution in [0.5, 0.6) is 0 Å². The van der Waals surface area contributed by atoms with Gasteiger partial charge in [0.15, 0.2) is 0 Å². The molecule has 0 bridgehead atoms. The van der Waals surface area contributed by atoms with E-state index in [-0.39, 0.29) is 0 Å². The van der Waals surface area contributed by atoms with Crippen LogP contribution in [0.25, 0.3) is 88.2 Å². The lowest BCUT2D eigenvalue weighted by Crippen LogP contribution is -1.97. The molecule has 0 saturated carbocycles. The summed E-state index contributed by atoms with van der Waals surface area (Å²) < 4.78 is 0. The van der Waals surface area contributed by atoms with Gasteiger partial charge in [0, 0.05) is 16.3 Å². The maximum Gasteiger partial charge on any atom is 0.126 e. The Balaban J connectivity index is 0.000000135. The Bertz CT molecular complexity index is 2720. The van der Waals surface area contributed by atoms with E-state index in [4.69, 9.17) is 9.97 Å². The maximum absolute atomic E-state index is 4.83. The minimum atomic E-state index is 0.798. The van der Waals surface area contributed by atoms with Gasteiger partial charge in [0.05, 0.1) is 11.2 Å². The van der Waals surface area contributed by atoms with Crippen LogP contribution >= 0.6 is 0 Å². The van der Waals surface area contributed by atoms with Gasteiger partial charge in [-0.15, -0.1) is 0 Å². The third kappa shape index (κ3) is 4.96. The summed E-state index contributed by atoms with van der Waals surface area (Å²) in [4.78, 5) is 9.65. The first-order valence-electron chi connectivity index (χ1n) is 17.2. The molecule has 0 spiro atoms. The summed E-state index contributed by atoms with van der Waals surface area (Å²) in [7, 11) is 0. The fraction of sp³-hybridized carbons (Fsp3) is 0.0417. The van der Waals surface area contributed by atoms with Gasteiger partial charge in [-0.1, -0.05) is 175 Å². The van der Waals surface area contributed by atoms with Crippen LogP contribution in [0.4, 0.5) is 0 Å². The van der Waals surface area contributed by atoms with Crippen molar-refractivity contribution in [2.75, 3.05) is 0 Å². The average molecular weight is 639 g/mol. The Morgan fingerprint density at radius 2 is 0.760 bits per heavy atom. The second-order valence-electron chi connectivity index (χ2n) is 13.0. The van der Waals surface area contributed by atoms with E-state index in [1.54, 1.807) is 0 Å². The fourth-order valence-corrected chi connectivity index (χ4v) is 7.66. The number of aryl methyl sites for hydroxylation is 2. The summed E-state index contributed by atoms with van der Waals surface area (Å²) in [5.74, 6) is 0.798. The molecular formula is C48H34N2. The first-order valence-corrected chi connectivity index (χ1v) is 17.2. The van der Waals surface area contributed by atoms with E-state index in [1.807, 2.05) is 13.0 Å². The molecule has 236 valence electrons. The highest BCUT2D eigenvalue weighted by atomic mass is 14.9. The van der Waals surface area contributed by atoms with Crippen LogP contribution in [0, 0.1) is 13.8 Å². The molecule has 2 heteroatoms. The smallest absolute Gasteiger partial charge is 0.126 e. The molecule has 8 aromatic carbocycles. The molecule has 0 N–H and O–H groups in total. The Morgan fingerprint density at radius 1 is 0.340 bits per heavy atom. The zero-order valence-electron chi connectivity index (χ0n) is 28.1. The molecule has 9 aromatic rings. The number of rotatable bonds is 1. The lowest BCUT2D eigenvalue weighted by molar-refractivity contribution is 1.10. The Labute approximate surface area is 292 Å². The second kappa shape index (κ2) is 12.3. The van der Waals surface area contributed by atoms with E-state index >= 15 is 0 Å². The third-order valence-electron chi connectivity index (χ3n) is 9.85. The molecule has 0 radical (unpaired) electrons. The summed E-state index contributed by atoms with van der Waals surface area (Å²) in [6, 6.07) is 60.5. The van der Waals surface area contributed by atoms with E-state index in [2.05, 4.69) is 171 Å². The number of nitrogens with zero attached hydrogens (tertiary/aromatic N) is 2. The van der Waals surface area contributed by atoms with Crippen molar-refractivity contribution in [2.45, 2.75) is 13.8 Å². The maximum atomic E-state index is 4.83. The van der Waals surface area contributed by atoms with Crippen LogP contribution < -0.4 is 0 Å². The predicted molar refractivity (Wildman–Crippen MR) is 211 cm³/mol. The quantitative estimate of drug-likeness (QED) is 0.167. The first-order chi connectivity index (χ1) is 24.7. The lowest BCUT2D eigenvalue weighted by Gasteiger charge is -2.23. The molecule has 0 amide bonds. The molecule has 1 heterocycles. The van der Waals surface area contributed by atoms with Gasteiger partial charge < -0.3 is 0 Å². The monoisotopic (exact) mass is 638 g/mol. The normalized spacial score (nSPS) is 11.4. The molecule has 0 atom stereocenters. The van der Waals surface area contributed by atoms with Crippen molar-refractivity contribution in [3.63, 3.8) is 0 Å². The van der Waals surface area contributed by atoms with Gasteiger partial charge in [0.25, 0.3) is 0 Å². The van der Waals surface area contributed by atoms with Crippen LogP contribution in [-0.4, -0.2) is 9.97 Å². The van der Waals surface area contributed by atoms with Crippen LogP contribution in [0.15, 0.2) is 170 Å². The molecule has 0 saturated heterocycles. The van der Waals surface area contributed by atoms with Crippen molar-refractivity contribution < 1.29 is 0 Å². The first kappa shape index (κ1) is 29.7. The van der Waals surface area contributed by atoms with E-state index in [1.165, 1.54) is 71.6 Å². The molecule has 10 rings (SSSR count). The van der Waals surface area contributed by atoms with Crippen LogP contribution in [0.1, 0.15) is 11.4 Å². The van der Waals surface area contributed by atoms with Crippen molar-refractivity contribution in [1.82, 2.24) is 9.97 Å². The topological polar surface area (TPSA) is 25.8 Å². The van der Waals surface area contributed by atoms with Gasteiger partial charge in [-0.05, 0) is 74.5 Å². The van der Waals surface area contributed by atoms with E-state index < -0.39 is 0 Å². The SMILES string of the molecule is Cc1ccc2c(c1)-c1ccccc1-c1ccccc1-c1ccccc1-2.Cc1nc(-c2ccccc2)c2c3ccccc3c3ccccc3c2n1. The molecule has 1 aliphatic rings. The fourth-order valence-electron chi connectivity index (χ4n) is 7.66. The molecule has 50 heavy (non-hydrogen) atoms. The molecule has 0 fully saturated rings. The number of hydrogen-bond donors (Lipinski definition) is 0. The average Bonchev–Trinajstić information content (AvgIpc) is 3.18. The van der Waals surface area contributed by atoms with Crippen LogP contribution in [-0.2, 0) is 0 Å². The van der Waals surface area contributed by atoms with Gasteiger partial charge >= 0.3 is 0 Å². The van der Waals surface area contributed by atoms with Gasteiger partial charge in [0.1, 0.15) is 5.82 Å². The minimum Gasteiger partial charge on any atom is -0.233 e. The van der Waals surface area contributed by atoms with Crippen LogP contribution in [0.2, 0.25) is 0 Å². The van der Waals surface area contributed by atoms with Crippen molar-refractivity contribution in [2.24, 2.45) is 0 Å². The number of hydrogen-bond acceptors (Lipinski definition) is 2. The highest BCUT2D eigenvalue weighted by Gasteiger charge is 2.21. The zero-order chi connectivity index (χ0) is 33.6. The van der Waals surface area contributed by atoms with Crippen molar-refractivity contribution >= 4 is 32.4 Å². The predicted octanol–water partition coefficient (Wildman–Crippen LogP) is 12.9. The van der Waals surface area contributed by atoms with Crippen molar-refractivity contribution in [1.29, 1.82) is 0 Å². The summed E-state index contributed by atoms with van der Waals surface area (Å²) in [5, 5.41) is 6.00. The van der Waals surface area contributed by atoms with E-state index in [9.17, 15) is 0 Å². The second-order valence-corrected chi connectivity index (χ2v) is 13.0. The molecule has 0 aliphatic heterocycles. The number of benzene rings is 8. The largest absolute Gasteiger partial charge is 0.233 e. The van der Waals surface area contributed by atoms with Crippen molar-refractivity contribution in [3.8, 4) is 55.8 Å². The summed E-state index contributed by atoms with van der Waals surface area (Å²) in [6.07, 6.45) is 0. The third-order valence-corrected chi connectivity index (χ3v) is 9.85. The Morgan fingerprint density at radius 3 is 1.32 bits per heavy atom. The van der Waals surface area contributed by atoms with Gasteiger partial charge in [0.2, 0.25) is 0 Å². The Kier molecular flexibility index (Phi) is 7.29. The Hall–Kier alpha value is -6.38. The molecular weight excluding hydrogens is 605 g/mol. The van der Waals surface area contributed by atoms with Gasteiger partial charge in [-0.25, -0.2) is 9.97 Å². The van der Waals surface area contributed by atoms with Gasteiger partial charge in [-0.2, -0.15) is 0 Å². The summed E-state index contributed by atoms with van der Waals surface area (Å²) >= 11 is 0. The standard InChI is InChI=1S/C25H18.C23H16N2/c1-17-14-15-24-22-12-5-4-10-20(22)18-8-2-3-9-19(18)21-11-6-7-13-23(21)25(24)16-17;1-15-24-22(16-9-3-2-4-10-16)21-19-13-7-5-11-17(19)18-12-6-8-14-20(18)23(21)25-15/h2-16H,1H3;2-14H,1H3. The lowest BCUT2D eigenvalue weighted by atomic mass is 9.80. The van der Waals surface area contributed by atoms with Gasteiger partial charge in [-0.3, -0.25) is 0 Å². The number of fused-ring (bicyclic) bond motifs is 14. The highest BCUT2D eigenvalue weighted by Crippen LogP contribution is 2.47. The highest BCUT2D eigenvalue weighted by molar-refractivity contribution is 6.26. The minimum absolute atomic E-state index is 0.798. The zero-order valence-corrected chi connectivity index (χ0v) is 28.1. The van der Waals surface area contributed by atoms with E-state index in [0.717, 1.165) is 28.0 Å². The number of aromatic nitrogens is 2. The van der Waals surface area contributed by atoms with Crippen molar-refractivity contribution in [3.05, 3.63) is 181 Å². The molecule has 1 aliphatic carbocycles. The molecule has 0 unspecified atom stereocenters. The summed E-state index contributed by atoms with van der Waals surface area (Å²) in [6.45, 7) is 4.14. The van der Waals surface area contributed by atoms with E-state index in [0.29, 0.717) is 0 Å². The summed E-state index contributed by atoms with van der Waals surface area (Å²) in [5.41, 5.74) is 14.9. The van der Waals surface area contributed by atoms with Crippen LogP contribution in [0.3, 0.4) is 0 Å². The molecule has 1 aromatic heterocycles.